The van der Waals surface area contributed by atoms with E-state index in [-0.39, 0.29) is 0 Å². The van der Waals surface area contributed by atoms with Crippen molar-refractivity contribution in [3.63, 3.8) is 0 Å². The second-order valence-corrected chi connectivity index (χ2v) is 10.3. The molecule has 7 aromatic rings. The number of pyridine rings is 1. The van der Waals surface area contributed by atoms with Crippen LogP contribution in [0, 0.1) is 0 Å². The lowest BCUT2D eigenvalue weighted by Crippen LogP contribution is -2.12. The quantitative estimate of drug-likeness (QED) is 0.248. The second kappa shape index (κ2) is 9.25. The van der Waals surface area contributed by atoms with Crippen molar-refractivity contribution in [2.24, 2.45) is 0 Å². The summed E-state index contributed by atoms with van der Waals surface area (Å²) in [5, 5.41) is 5.99. The Bertz CT molecular complexity index is 2020. The Labute approximate surface area is 238 Å². The number of nitrogens with one attached hydrogen (secondary N) is 1. The molecule has 0 unspecified atom stereocenters. The number of hydrogen-bond acceptors (Lipinski definition) is 3. The fraction of sp³-hybridized carbons (Fsp3) is 0. The average Bonchev–Trinajstić information content (AvgIpc) is 3.56. The molecule has 3 heterocycles. The van der Waals surface area contributed by atoms with E-state index >= 15 is 0 Å². The Balaban J connectivity index is 1.45. The molecule has 1 N–H and O–H groups in total. The summed E-state index contributed by atoms with van der Waals surface area (Å²) in [6, 6.07) is 48.7. The van der Waals surface area contributed by atoms with Gasteiger partial charge in [-0.1, -0.05) is 104 Å². The molecule has 0 amide bonds. The molecular weight excluding hydrogens is 500 g/mol. The first-order chi connectivity index (χ1) is 20.3. The van der Waals surface area contributed by atoms with Crippen LogP contribution in [0.4, 0.5) is 17.1 Å². The van der Waals surface area contributed by atoms with Crippen molar-refractivity contribution < 1.29 is 0 Å². The number of hydrogen-bond donors (Lipinski definition) is 1. The van der Waals surface area contributed by atoms with Crippen LogP contribution in [0.3, 0.4) is 0 Å². The van der Waals surface area contributed by atoms with Gasteiger partial charge >= 0.3 is 0 Å². The molecule has 5 aromatic carbocycles. The first kappa shape index (κ1) is 23.3. The maximum absolute atomic E-state index is 5.29. The third kappa shape index (κ3) is 3.73. The van der Waals surface area contributed by atoms with E-state index in [1.165, 1.54) is 10.8 Å². The number of anilines is 3. The molecule has 0 radical (unpaired) electrons. The Morgan fingerprint density at radius 3 is 2.00 bits per heavy atom. The summed E-state index contributed by atoms with van der Waals surface area (Å²) in [5.74, 6) is 1.70. The summed E-state index contributed by atoms with van der Waals surface area (Å²) in [4.78, 5) is 7.47. The molecule has 194 valence electrons. The van der Waals surface area contributed by atoms with Crippen molar-refractivity contribution in [1.82, 2.24) is 9.55 Å². The molecule has 41 heavy (non-hydrogen) atoms. The lowest BCUT2D eigenvalue weighted by atomic mass is 10.0. The second-order valence-electron chi connectivity index (χ2n) is 10.3. The summed E-state index contributed by atoms with van der Waals surface area (Å²) in [6.45, 7) is 4.39. The summed E-state index contributed by atoms with van der Waals surface area (Å²) >= 11 is 0. The van der Waals surface area contributed by atoms with Crippen molar-refractivity contribution in [3.8, 4) is 28.2 Å². The van der Waals surface area contributed by atoms with Crippen LogP contribution in [0.1, 0.15) is 0 Å². The first-order valence-corrected chi connectivity index (χ1v) is 13.8. The standard InChI is InChI=1S/C37H26N4/c1-25-38-36-34(40(25)29-17-9-4-10-18-29)22-21-31-30-19-11-12-20-33(30)41(37(31)36)35-24-28(26-13-5-2-6-14-26)23-32(39-35)27-15-7-3-8-16-27/h2-24,38H,1H2. The van der Waals surface area contributed by atoms with E-state index in [0.717, 1.165) is 62.1 Å². The van der Waals surface area contributed by atoms with E-state index in [1.807, 2.05) is 12.1 Å². The molecule has 0 saturated heterocycles. The Kier molecular flexibility index (Phi) is 5.25. The van der Waals surface area contributed by atoms with Crippen molar-refractivity contribution >= 4 is 38.9 Å². The van der Waals surface area contributed by atoms with Crippen LogP contribution in [0.25, 0.3) is 50.0 Å². The molecular formula is C37H26N4. The molecule has 2 aromatic heterocycles. The third-order valence-corrected chi connectivity index (χ3v) is 7.83. The van der Waals surface area contributed by atoms with Gasteiger partial charge in [0.05, 0.1) is 28.1 Å². The minimum Gasteiger partial charge on any atom is -0.338 e. The Morgan fingerprint density at radius 2 is 1.24 bits per heavy atom. The molecule has 4 nitrogen and oxygen atoms in total. The highest BCUT2D eigenvalue weighted by atomic mass is 15.3. The van der Waals surface area contributed by atoms with Gasteiger partial charge in [0.2, 0.25) is 0 Å². The van der Waals surface area contributed by atoms with E-state index in [4.69, 9.17) is 4.98 Å². The summed E-state index contributed by atoms with van der Waals surface area (Å²) < 4.78 is 2.30. The molecule has 4 heteroatoms. The van der Waals surface area contributed by atoms with Gasteiger partial charge < -0.3 is 5.32 Å². The highest BCUT2D eigenvalue weighted by molar-refractivity contribution is 6.17. The number of fused-ring (bicyclic) bond motifs is 5. The number of rotatable bonds is 4. The van der Waals surface area contributed by atoms with Crippen molar-refractivity contribution in [3.05, 3.63) is 152 Å². The molecule has 0 bridgehead atoms. The van der Waals surface area contributed by atoms with E-state index in [1.54, 1.807) is 0 Å². The first-order valence-electron chi connectivity index (χ1n) is 13.8. The number of benzene rings is 5. The largest absolute Gasteiger partial charge is 0.338 e. The lowest BCUT2D eigenvalue weighted by molar-refractivity contribution is 1.09. The summed E-state index contributed by atoms with van der Waals surface area (Å²) in [7, 11) is 0. The van der Waals surface area contributed by atoms with E-state index in [0.29, 0.717) is 0 Å². The number of nitrogens with zero attached hydrogens (tertiary/aromatic N) is 3. The third-order valence-electron chi connectivity index (χ3n) is 7.83. The smallest absolute Gasteiger partial charge is 0.138 e. The number of aromatic nitrogens is 2. The zero-order valence-electron chi connectivity index (χ0n) is 22.3. The molecule has 0 aliphatic carbocycles. The van der Waals surface area contributed by atoms with Gasteiger partial charge in [-0.15, -0.1) is 0 Å². The van der Waals surface area contributed by atoms with Gasteiger partial charge in [0, 0.05) is 22.0 Å². The predicted molar refractivity (Wildman–Crippen MR) is 171 cm³/mol. The Morgan fingerprint density at radius 1 is 0.585 bits per heavy atom. The molecule has 8 rings (SSSR count). The van der Waals surface area contributed by atoms with Crippen molar-refractivity contribution in [2.45, 2.75) is 0 Å². The van der Waals surface area contributed by atoms with E-state index in [9.17, 15) is 0 Å². The van der Waals surface area contributed by atoms with Gasteiger partial charge in [0.1, 0.15) is 11.6 Å². The monoisotopic (exact) mass is 526 g/mol. The van der Waals surface area contributed by atoms with Gasteiger partial charge in [0.25, 0.3) is 0 Å². The van der Waals surface area contributed by atoms with Crippen LogP contribution in [0.2, 0.25) is 0 Å². The summed E-state index contributed by atoms with van der Waals surface area (Å²) in [5.41, 5.74) is 9.65. The molecule has 1 aliphatic rings. The minimum atomic E-state index is 0.825. The van der Waals surface area contributed by atoms with Gasteiger partial charge in [-0.05, 0) is 53.6 Å². The Hall–Kier alpha value is -5.61. The van der Waals surface area contributed by atoms with Crippen LogP contribution in [-0.2, 0) is 0 Å². The molecule has 0 spiro atoms. The molecule has 0 fully saturated rings. The zero-order valence-corrected chi connectivity index (χ0v) is 22.3. The van der Waals surface area contributed by atoms with Gasteiger partial charge in [-0.2, -0.15) is 0 Å². The van der Waals surface area contributed by atoms with Crippen LogP contribution in [0.15, 0.2) is 152 Å². The minimum absolute atomic E-state index is 0.825. The predicted octanol–water partition coefficient (Wildman–Crippen LogP) is 9.55. The molecule has 0 saturated carbocycles. The fourth-order valence-electron chi connectivity index (χ4n) is 6.00. The number of para-hydroxylation sites is 2. The average molecular weight is 527 g/mol. The topological polar surface area (TPSA) is 33.1 Å². The van der Waals surface area contributed by atoms with Gasteiger partial charge in [0.15, 0.2) is 0 Å². The molecule has 1 aliphatic heterocycles. The van der Waals surface area contributed by atoms with Crippen LogP contribution in [0.5, 0.6) is 0 Å². The van der Waals surface area contributed by atoms with Crippen LogP contribution in [-0.4, -0.2) is 9.55 Å². The van der Waals surface area contributed by atoms with Gasteiger partial charge in [-0.3, -0.25) is 9.47 Å². The maximum Gasteiger partial charge on any atom is 0.138 e. The highest BCUT2D eigenvalue weighted by Crippen LogP contribution is 2.48. The highest BCUT2D eigenvalue weighted by Gasteiger charge is 2.29. The van der Waals surface area contributed by atoms with Crippen molar-refractivity contribution in [1.29, 1.82) is 0 Å². The lowest BCUT2D eigenvalue weighted by Gasteiger charge is -2.19. The molecule has 0 atom stereocenters. The van der Waals surface area contributed by atoms with Crippen LogP contribution < -0.4 is 10.2 Å². The van der Waals surface area contributed by atoms with Gasteiger partial charge in [-0.25, -0.2) is 4.98 Å². The van der Waals surface area contributed by atoms with Crippen LogP contribution >= 0.6 is 0 Å². The SMILES string of the molecule is C=C1Nc2c(ccc3c4ccccc4n(-c4cc(-c5ccccc5)cc(-c5ccccc5)n4)c23)N1c1ccccc1. The normalized spacial score (nSPS) is 12.6. The van der Waals surface area contributed by atoms with E-state index < -0.39 is 0 Å². The maximum atomic E-state index is 5.29. The summed E-state index contributed by atoms with van der Waals surface area (Å²) in [6.07, 6.45) is 0. The fourth-order valence-corrected chi connectivity index (χ4v) is 6.00. The van der Waals surface area contributed by atoms with Crippen molar-refractivity contribution in [2.75, 3.05) is 10.2 Å². The van der Waals surface area contributed by atoms with E-state index in [2.05, 4.69) is 149 Å². The zero-order chi connectivity index (χ0) is 27.3.